The lowest BCUT2D eigenvalue weighted by atomic mass is 10.3. The van der Waals surface area contributed by atoms with Crippen molar-refractivity contribution in [1.29, 1.82) is 0 Å². The highest BCUT2D eigenvalue weighted by Crippen LogP contribution is 2.25. The molecule has 0 spiro atoms. The molecule has 0 fully saturated rings. The quantitative estimate of drug-likeness (QED) is 0.178. The molecule has 0 aliphatic carbocycles. The molecule has 2 heterocycles. The van der Waals surface area contributed by atoms with Crippen LogP contribution in [0.3, 0.4) is 0 Å². The number of nitrogens with one attached hydrogen (secondary N) is 2. The minimum absolute atomic E-state index is 0.0430. The molecule has 0 saturated heterocycles. The molecule has 2 N–H and O–H groups in total. The first-order chi connectivity index (χ1) is 22.9. The molecule has 47 heavy (non-hydrogen) atoms. The largest absolute Gasteiger partial charge is 0.325 e. The van der Waals surface area contributed by atoms with Crippen LogP contribution in [0, 0.1) is 0 Å². The minimum atomic E-state index is -3.85. The number of thioether (sulfide) groups is 2. The summed E-state index contributed by atoms with van der Waals surface area (Å²) in [6.45, 7) is 0. The van der Waals surface area contributed by atoms with Crippen LogP contribution in [0.5, 0.6) is 0 Å². The number of benzene rings is 4. The van der Waals surface area contributed by atoms with Crippen molar-refractivity contribution < 1.29 is 18.0 Å². The lowest BCUT2D eigenvalue weighted by Gasteiger charge is -2.09. The number of hydrogen-bond donors (Lipinski definition) is 2. The minimum Gasteiger partial charge on any atom is -0.325 e. The summed E-state index contributed by atoms with van der Waals surface area (Å²) in [4.78, 5) is 25.2. The van der Waals surface area contributed by atoms with Crippen molar-refractivity contribution in [2.75, 3.05) is 22.1 Å². The van der Waals surface area contributed by atoms with E-state index in [2.05, 4.69) is 41.7 Å². The molecule has 236 valence electrons. The Balaban J connectivity index is 1.01. The summed E-state index contributed by atoms with van der Waals surface area (Å²) in [5.74, 6) is -0.527. The Hall–Kier alpha value is -5.39. The Labute approximate surface area is 276 Å². The van der Waals surface area contributed by atoms with E-state index in [1.54, 1.807) is 0 Å². The first-order valence-corrected chi connectivity index (χ1v) is 17.3. The van der Waals surface area contributed by atoms with Crippen molar-refractivity contribution in [2.45, 2.75) is 20.1 Å². The zero-order valence-electron chi connectivity index (χ0n) is 24.2. The number of tetrazole rings is 2. The molecule has 0 atom stereocenters. The molecule has 0 aliphatic rings. The lowest BCUT2D eigenvalue weighted by Crippen LogP contribution is -2.15. The Morgan fingerprint density at radius 3 is 1.34 bits per heavy atom. The smallest absolute Gasteiger partial charge is 0.234 e. The lowest BCUT2D eigenvalue weighted by molar-refractivity contribution is -0.114. The molecule has 0 bridgehead atoms. The van der Waals surface area contributed by atoms with Gasteiger partial charge in [-0.3, -0.25) is 9.59 Å². The normalized spacial score (nSPS) is 11.2. The molecule has 6 rings (SSSR count). The average molecular weight is 685 g/mol. The SMILES string of the molecule is O=C(CSc1nnnn1-c1ccccc1)Nc1ccc(S(=O)(=O)c2ccc(NC(=O)CSc3nnnn3-c3ccccc3)cc2)cc1. The van der Waals surface area contributed by atoms with Gasteiger partial charge < -0.3 is 10.6 Å². The van der Waals surface area contributed by atoms with Crippen LogP contribution in [0.1, 0.15) is 0 Å². The zero-order valence-corrected chi connectivity index (χ0v) is 26.7. The van der Waals surface area contributed by atoms with E-state index in [9.17, 15) is 18.0 Å². The van der Waals surface area contributed by atoms with Crippen LogP contribution < -0.4 is 10.6 Å². The monoisotopic (exact) mass is 684 g/mol. The Bertz CT molecular complexity index is 1940. The molecule has 14 nitrogen and oxygen atoms in total. The van der Waals surface area contributed by atoms with Gasteiger partial charge in [-0.05, 0) is 93.6 Å². The fourth-order valence-electron chi connectivity index (χ4n) is 4.23. The van der Waals surface area contributed by atoms with E-state index in [0.717, 1.165) is 11.4 Å². The van der Waals surface area contributed by atoms with Crippen molar-refractivity contribution in [3.05, 3.63) is 109 Å². The van der Waals surface area contributed by atoms with E-state index in [0.29, 0.717) is 21.7 Å². The number of carbonyl (C=O) groups excluding carboxylic acids is 2. The maximum Gasteiger partial charge on any atom is 0.234 e. The average Bonchev–Trinajstić information content (AvgIpc) is 3.78. The number of para-hydroxylation sites is 2. The summed E-state index contributed by atoms with van der Waals surface area (Å²) < 4.78 is 29.6. The summed E-state index contributed by atoms with van der Waals surface area (Å²) >= 11 is 2.34. The molecular formula is C30H24N10O4S3. The fourth-order valence-corrected chi connectivity index (χ4v) is 6.87. The first kappa shape index (κ1) is 31.6. The molecule has 17 heteroatoms. The van der Waals surface area contributed by atoms with Crippen molar-refractivity contribution in [3.63, 3.8) is 0 Å². The van der Waals surface area contributed by atoms with Gasteiger partial charge in [-0.2, -0.15) is 9.36 Å². The topological polar surface area (TPSA) is 180 Å². The van der Waals surface area contributed by atoms with Gasteiger partial charge in [-0.25, -0.2) is 8.42 Å². The molecule has 6 aromatic rings. The fraction of sp³-hybridized carbons (Fsp3) is 0.0667. The number of sulfone groups is 1. The highest BCUT2D eigenvalue weighted by atomic mass is 32.2. The number of rotatable bonds is 12. The summed E-state index contributed by atoms with van der Waals surface area (Å²) in [5.41, 5.74) is 2.41. The van der Waals surface area contributed by atoms with Crippen molar-refractivity contribution >= 4 is 56.6 Å². The van der Waals surface area contributed by atoms with Crippen LogP contribution >= 0.6 is 23.5 Å². The van der Waals surface area contributed by atoms with Gasteiger partial charge in [0.1, 0.15) is 0 Å². The number of anilines is 2. The number of carbonyl (C=O) groups is 2. The highest BCUT2D eigenvalue weighted by molar-refractivity contribution is 8.00. The van der Waals surface area contributed by atoms with Gasteiger partial charge in [0.05, 0.1) is 32.7 Å². The van der Waals surface area contributed by atoms with Crippen molar-refractivity contribution in [1.82, 2.24) is 40.4 Å². The Kier molecular flexibility index (Phi) is 9.65. The molecule has 0 saturated carbocycles. The Morgan fingerprint density at radius 1 is 0.574 bits per heavy atom. The predicted octanol–water partition coefficient (Wildman–Crippen LogP) is 3.93. The maximum absolute atomic E-state index is 13.2. The third kappa shape index (κ3) is 7.71. The molecule has 0 unspecified atom stereocenters. The van der Waals surface area contributed by atoms with Gasteiger partial charge in [-0.1, -0.05) is 59.9 Å². The number of nitrogens with zero attached hydrogens (tertiary/aromatic N) is 8. The van der Waals surface area contributed by atoms with Gasteiger partial charge in [-0.15, -0.1) is 10.2 Å². The highest BCUT2D eigenvalue weighted by Gasteiger charge is 2.19. The Morgan fingerprint density at radius 2 is 0.957 bits per heavy atom. The van der Waals surface area contributed by atoms with Crippen LogP contribution in [-0.2, 0) is 19.4 Å². The van der Waals surface area contributed by atoms with Gasteiger partial charge in [0.25, 0.3) is 0 Å². The van der Waals surface area contributed by atoms with Crippen LogP contribution in [0.25, 0.3) is 11.4 Å². The van der Waals surface area contributed by atoms with Crippen LogP contribution in [-0.4, -0.2) is 72.2 Å². The molecular weight excluding hydrogens is 661 g/mol. The van der Waals surface area contributed by atoms with E-state index in [4.69, 9.17) is 0 Å². The summed E-state index contributed by atoms with van der Waals surface area (Å²) in [6, 6.07) is 30.4. The van der Waals surface area contributed by atoms with Gasteiger partial charge >= 0.3 is 0 Å². The predicted molar refractivity (Wildman–Crippen MR) is 175 cm³/mol. The van der Waals surface area contributed by atoms with Crippen LogP contribution in [0.15, 0.2) is 129 Å². The van der Waals surface area contributed by atoms with Crippen molar-refractivity contribution in [2.24, 2.45) is 0 Å². The van der Waals surface area contributed by atoms with Crippen LogP contribution in [0.2, 0.25) is 0 Å². The second-order valence-electron chi connectivity index (χ2n) is 9.64. The molecule has 4 aromatic carbocycles. The van der Waals surface area contributed by atoms with E-state index >= 15 is 0 Å². The number of aromatic nitrogens is 8. The molecule has 0 radical (unpaired) electrons. The molecule has 2 amide bonds. The van der Waals surface area contributed by atoms with E-state index in [1.165, 1.54) is 81.4 Å². The summed E-state index contributed by atoms with van der Waals surface area (Å²) in [6.07, 6.45) is 0. The van der Waals surface area contributed by atoms with Crippen LogP contribution in [0.4, 0.5) is 11.4 Å². The van der Waals surface area contributed by atoms with Gasteiger partial charge in [0.15, 0.2) is 0 Å². The van der Waals surface area contributed by atoms with E-state index in [1.807, 2.05) is 60.7 Å². The van der Waals surface area contributed by atoms with Crippen molar-refractivity contribution in [3.8, 4) is 11.4 Å². The van der Waals surface area contributed by atoms with E-state index in [-0.39, 0.29) is 33.1 Å². The number of amides is 2. The zero-order chi connectivity index (χ0) is 32.6. The standard InChI is InChI=1S/C30H24N10O4S3/c41-27(19-45-29-33-35-37-39(29)23-7-3-1-4-8-23)31-21-11-15-25(16-12-21)47(43,44)26-17-13-22(14-18-26)32-28(42)20-46-30-34-36-38-40(30)24-9-5-2-6-10-24/h1-18H,19-20H2,(H,31,41)(H,32,42). The van der Waals surface area contributed by atoms with Gasteiger partial charge in [0, 0.05) is 11.4 Å². The summed E-state index contributed by atoms with van der Waals surface area (Å²) in [7, 11) is -3.85. The maximum atomic E-state index is 13.2. The second kappa shape index (κ2) is 14.4. The number of hydrogen-bond acceptors (Lipinski definition) is 12. The second-order valence-corrected chi connectivity index (χ2v) is 13.5. The molecule has 2 aromatic heterocycles. The third-order valence-corrected chi connectivity index (χ3v) is 10.1. The summed E-state index contributed by atoms with van der Waals surface area (Å²) in [5, 5.41) is 29.7. The van der Waals surface area contributed by atoms with Gasteiger partial charge in [0.2, 0.25) is 32.0 Å². The first-order valence-electron chi connectivity index (χ1n) is 13.8. The molecule has 0 aliphatic heterocycles. The third-order valence-electron chi connectivity index (χ3n) is 6.44. The van der Waals surface area contributed by atoms with E-state index < -0.39 is 9.84 Å².